The van der Waals surface area contributed by atoms with Crippen LogP contribution in [0.5, 0.6) is 0 Å². The lowest BCUT2D eigenvalue weighted by molar-refractivity contribution is -0.104. The third-order valence-corrected chi connectivity index (χ3v) is 1.82. The topological polar surface area (TPSA) is 49.7 Å². The van der Waals surface area contributed by atoms with Gasteiger partial charge in [-0.05, 0) is 11.4 Å². The van der Waals surface area contributed by atoms with Gasteiger partial charge in [0.2, 0.25) is 0 Å². The molecule has 0 saturated carbocycles. The van der Waals surface area contributed by atoms with Crippen molar-refractivity contribution in [1.82, 2.24) is 0 Å². The Morgan fingerprint density at radius 1 is 1.67 bits per heavy atom. The molecule has 0 aromatic carbocycles. The number of carbonyl (C=O) groups is 1. The van der Waals surface area contributed by atoms with Crippen LogP contribution in [0, 0.1) is 0 Å². The van der Waals surface area contributed by atoms with Gasteiger partial charge in [-0.1, -0.05) is 0 Å². The molecular weight excluding hydrogens is 174 g/mol. The Morgan fingerprint density at radius 2 is 2.50 bits per heavy atom. The Bertz CT molecular complexity index is 301. The Labute approximate surface area is 73.7 Å². The molecule has 0 spiro atoms. The summed E-state index contributed by atoms with van der Waals surface area (Å²) < 4.78 is 0. The Hall–Kier alpha value is -1.42. The summed E-state index contributed by atoms with van der Waals surface area (Å²) in [6.07, 6.45) is 2.58. The number of allylic oxidation sites excluding steroid dienone is 1. The number of nitrogens with zero attached hydrogens (tertiary/aromatic N) is 1. The lowest BCUT2D eigenvalue weighted by atomic mass is 10.3. The Balaban J connectivity index is 2.68. The van der Waals surface area contributed by atoms with Crippen molar-refractivity contribution in [2.75, 3.05) is 0 Å². The van der Waals surface area contributed by atoms with Gasteiger partial charge in [0.1, 0.15) is 0 Å². The number of aliphatic hydroxyl groups is 1. The maximum absolute atomic E-state index is 10.2. The fourth-order valence-electron chi connectivity index (χ4n) is 0.574. The van der Waals surface area contributed by atoms with Gasteiger partial charge in [-0.2, -0.15) is 11.3 Å². The average Bonchev–Trinajstić information content (AvgIpc) is 2.59. The summed E-state index contributed by atoms with van der Waals surface area (Å²) >= 11 is 1.52. The molecule has 12 heavy (non-hydrogen) atoms. The fraction of sp³-hybridized carbons (Fsp3) is 0. The summed E-state index contributed by atoms with van der Waals surface area (Å²) in [6, 6.07) is 1.82. The van der Waals surface area contributed by atoms with Crippen LogP contribution in [0.2, 0.25) is 0 Å². The smallest absolute Gasteiger partial charge is 0.154 e. The number of aldehydes is 1. The second-order valence-electron chi connectivity index (χ2n) is 1.99. The highest BCUT2D eigenvalue weighted by Gasteiger charge is 1.89. The number of rotatable bonds is 3. The first-order valence-electron chi connectivity index (χ1n) is 3.22. The zero-order valence-corrected chi connectivity index (χ0v) is 6.99. The molecule has 1 N–H and O–H groups in total. The van der Waals surface area contributed by atoms with Crippen LogP contribution in [0.1, 0.15) is 0 Å². The predicted octanol–water partition coefficient (Wildman–Crippen LogP) is 2.09. The number of thiophene rings is 1. The van der Waals surface area contributed by atoms with Crippen molar-refractivity contribution < 1.29 is 9.90 Å². The normalized spacial score (nSPS) is 12.2. The fourth-order valence-corrected chi connectivity index (χ4v) is 1.15. The molecular formula is C8H7NO2S. The van der Waals surface area contributed by atoms with Gasteiger partial charge in [0, 0.05) is 11.6 Å². The minimum Gasteiger partial charge on any atom is -0.515 e. The highest BCUT2D eigenvalue weighted by atomic mass is 32.1. The molecule has 0 fully saturated rings. The van der Waals surface area contributed by atoms with E-state index < -0.39 is 0 Å². The second kappa shape index (κ2) is 4.46. The van der Waals surface area contributed by atoms with Gasteiger partial charge in [0.15, 0.2) is 6.29 Å². The number of aliphatic imine (C=N–C) groups is 1. The molecule has 3 nitrogen and oxygen atoms in total. The van der Waals surface area contributed by atoms with Crippen LogP contribution >= 0.6 is 11.3 Å². The standard InChI is InChI=1S/C8H7NO2S/c10-4-7(5-11)3-9-8-1-2-12-6-8/h1-6,10H. The summed E-state index contributed by atoms with van der Waals surface area (Å²) in [7, 11) is 0. The van der Waals surface area contributed by atoms with Gasteiger partial charge < -0.3 is 5.11 Å². The lowest BCUT2D eigenvalue weighted by Gasteiger charge is -1.84. The molecule has 0 aliphatic rings. The lowest BCUT2D eigenvalue weighted by Crippen LogP contribution is -1.84. The molecule has 4 heteroatoms. The maximum atomic E-state index is 10.2. The summed E-state index contributed by atoms with van der Waals surface area (Å²) in [6.45, 7) is 0. The van der Waals surface area contributed by atoms with Crippen LogP contribution in [-0.2, 0) is 4.79 Å². The van der Waals surface area contributed by atoms with E-state index in [1.807, 2.05) is 16.8 Å². The van der Waals surface area contributed by atoms with E-state index in [0.29, 0.717) is 6.29 Å². The molecule has 1 aromatic rings. The van der Waals surface area contributed by atoms with Crippen molar-refractivity contribution in [3.05, 3.63) is 28.7 Å². The molecule has 0 unspecified atom stereocenters. The molecule has 1 rings (SSSR count). The summed E-state index contributed by atoms with van der Waals surface area (Å²) in [5, 5.41) is 12.2. The van der Waals surface area contributed by atoms with E-state index in [0.717, 1.165) is 11.9 Å². The minimum atomic E-state index is 0.154. The van der Waals surface area contributed by atoms with Gasteiger partial charge in [-0.15, -0.1) is 0 Å². The van der Waals surface area contributed by atoms with Crippen LogP contribution < -0.4 is 0 Å². The third-order valence-electron chi connectivity index (χ3n) is 1.15. The van der Waals surface area contributed by atoms with Crippen LogP contribution in [0.4, 0.5) is 5.69 Å². The van der Waals surface area contributed by atoms with Crippen molar-refractivity contribution >= 4 is 29.5 Å². The van der Waals surface area contributed by atoms with Gasteiger partial charge in [-0.3, -0.25) is 9.79 Å². The average molecular weight is 181 g/mol. The number of hydrogen-bond acceptors (Lipinski definition) is 4. The largest absolute Gasteiger partial charge is 0.515 e. The molecule has 0 radical (unpaired) electrons. The molecule has 0 aliphatic heterocycles. The van der Waals surface area contributed by atoms with Crippen LogP contribution in [-0.4, -0.2) is 17.6 Å². The quantitative estimate of drug-likeness (QED) is 0.336. The van der Waals surface area contributed by atoms with E-state index in [2.05, 4.69) is 4.99 Å². The molecule has 0 amide bonds. The molecule has 62 valence electrons. The second-order valence-corrected chi connectivity index (χ2v) is 2.77. The van der Waals surface area contributed by atoms with Crippen molar-refractivity contribution in [3.63, 3.8) is 0 Å². The van der Waals surface area contributed by atoms with E-state index in [-0.39, 0.29) is 5.57 Å². The SMILES string of the molecule is O=CC(C=Nc1ccsc1)=CO. The van der Waals surface area contributed by atoms with Crippen molar-refractivity contribution in [1.29, 1.82) is 0 Å². The molecule has 0 bridgehead atoms. The third kappa shape index (κ3) is 2.32. The summed E-state index contributed by atoms with van der Waals surface area (Å²) in [4.78, 5) is 14.1. The van der Waals surface area contributed by atoms with Crippen LogP contribution in [0.25, 0.3) is 0 Å². The van der Waals surface area contributed by atoms with Crippen molar-refractivity contribution in [3.8, 4) is 0 Å². The zero-order chi connectivity index (χ0) is 8.81. The predicted molar refractivity (Wildman–Crippen MR) is 49.2 cm³/mol. The highest BCUT2D eigenvalue weighted by Crippen LogP contribution is 2.14. The van der Waals surface area contributed by atoms with E-state index in [9.17, 15) is 4.79 Å². The molecule has 0 aliphatic carbocycles. The number of aliphatic hydroxyl groups excluding tert-OH is 1. The van der Waals surface area contributed by atoms with Gasteiger partial charge >= 0.3 is 0 Å². The first kappa shape index (κ1) is 8.67. The van der Waals surface area contributed by atoms with E-state index >= 15 is 0 Å². The summed E-state index contributed by atoms with van der Waals surface area (Å²) in [5.74, 6) is 0. The van der Waals surface area contributed by atoms with E-state index in [1.54, 1.807) is 0 Å². The van der Waals surface area contributed by atoms with Gasteiger partial charge in [-0.25, -0.2) is 0 Å². The first-order chi connectivity index (χ1) is 5.86. The van der Waals surface area contributed by atoms with E-state index in [1.165, 1.54) is 17.6 Å². The van der Waals surface area contributed by atoms with Crippen molar-refractivity contribution in [2.45, 2.75) is 0 Å². The van der Waals surface area contributed by atoms with Gasteiger partial charge in [0.05, 0.1) is 17.5 Å². The Morgan fingerprint density at radius 3 is 3.00 bits per heavy atom. The first-order valence-corrected chi connectivity index (χ1v) is 4.17. The molecule has 0 atom stereocenters. The molecule has 1 heterocycles. The monoisotopic (exact) mass is 181 g/mol. The minimum absolute atomic E-state index is 0.154. The van der Waals surface area contributed by atoms with Crippen molar-refractivity contribution in [2.24, 2.45) is 4.99 Å². The molecule has 0 saturated heterocycles. The maximum Gasteiger partial charge on any atom is 0.154 e. The van der Waals surface area contributed by atoms with Gasteiger partial charge in [0.25, 0.3) is 0 Å². The highest BCUT2D eigenvalue weighted by molar-refractivity contribution is 7.08. The number of carbonyl (C=O) groups excluding carboxylic acids is 1. The van der Waals surface area contributed by atoms with Crippen LogP contribution in [0.15, 0.2) is 33.7 Å². The Kier molecular flexibility index (Phi) is 3.22. The summed E-state index contributed by atoms with van der Waals surface area (Å²) in [5.41, 5.74) is 0.933. The zero-order valence-electron chi connectivity index (χ0n) is 6.18. The van der Waals surface area contributed by atoms with Crippen LogP contribution in [0.3, 0.4) is 0 Å². The number of hydrogen-bond donors (Lipinski definition) is 1. The molecule has 1 aromatic heterocycles. The van der Waals surface area contributed by atoms with E-state index in [4.69, 9.17) is 5.11 Å².